The van der Waals surface area contributed by atoms with Gasteiger partial charge in [0.2, 0.25) is 5.91 Å². The van der Waals surface area contributed by atoms with Crippen LogP contribution < -0.4 is 19.3 Å². The van der Waals surface area contributed by atoms with Gasteiger partial charge in [-0.05, 0) is 66.8 Å². The summed E-state index contributed by atoms with van der Waals surface area (Å²) < 4.78 is 26.3. The minimum Gasteiger partial charge on any atom is -0.491 e. The lowest BCUT2D eigenvalue weighted by atomic mass is 9.81. The zero-order valence-electron chi connectivity index (χ0n) is 30.8. The number of rotatable bonds is 9. The molecule has 1 amide bonds. The number of nitrogens with zero attached hydrogens (tertiary/aromatic N) is 4. The molecule has 4 aromatic rings. The Bertz CT molecular complexity index is 1950. The van der Waals surface area contributed by atoms with Gasteiger partial charge in [0.05, 0.1) is 50.8 Å². The number of benzene rings is 3. The summed E-state index contributed by atoms with van der Waals surface area (Å²) in [4.78, 5) is 31.5. The fourth-order valence-electron chi connectivity index (χ4n) is 8.36. The SMILES string of the molecule is CN(C(=O)CN1CCOCC1)c1ccc(N2CCOCC2)c(COc2ccc3c(c2)OCCn2c-3c(C3CCCCC3)c3ccc(C(=O)O)cc32)c1.Cl.Cl. The van der Waals surface area contributed by atoms with Crippen molar-refractivity contribution in [3.63, 3.8) is 0 Å². The normalized spacial score (nSPS) is 17.6. The maximum Gasteiger partial charge on any atom is 0.335 e. The Hall–Kier alpha value is -4.00. The van der Waals surface area contributed by atoms with E-state index in [9.17, 15) is 14.7 Å². The number of carbonyl (C=O) groups is 2. The van der Waals surface area contributed by atoms with Crippen LogP contribution in [0.25, 0.3) is 22.2 Å². The molecule has 54 heavy (non-hydrogen) atoms. The summed E-state index contributed by atoms with van der Waals surface area (Å²) in [6, 6.07) is 17.9. The largest absolute Gasteiger partial charge is 0.491 e. The molecule has 0 spiro atoms. The number of carbonyl (C=O) groups excluding carboxylic acids is 1. The van der Waals surface area contributed by atoms with Gasteiger partial charge in [-0.25, -0.2) is 4.79 Å². The first-order valence-electron chi connectivity index (χ1n) is 18.8. The van der Waals surface area contributed by atoms with Crippen LogP contribution in [-0.4, -0.2) is 99.3 Å². The molecule has 2 saturated heterocycles. The van der Waals surface area contributed by atoms with Gasteiger partial charge in [0.15, 0.2) is 0 Å². The second kappa shape index (κ2) is 17.6. The molecule has 4 aliphatic rings. The third-order valence-electron chi connectivity index (χ3n) is 11.2. The van der Waals surface area contributed by atoms with E-state index in [1.165, 1.54) is 24.8 Å². The van der Waals surface area contributed by atoms with Gasteiger partial charge in [0, 0.05) is 72.7 Å². The highest BCUT2D eigenvalue weighted by atomic mass is 35.5. The van der Waals surface area contributed by atoms with Gasteiger partial charge < -0.3 is 38.4 Å². The van der Waals surface area contributed by atoms with Crippen molar-refractivity contribution in [2.75, 3.05) is 82.6 Å². The number of carboxylic acid groups (broad SMARTS) is 1. The van der Waals surface area contributed by atoms with Gasteiger partial charge in [-0.15, -0.1) is 24.8 Å². The van der Waals surface area contributed by atoms with Gasteiger partial charge >= 0.3 is 5.97 Å². The summed E-state index contributed by atoms with van der Waals surface area (Å²) in [5, 5.41) is 11.0. The molecule has 1 aromatic heterocycles. The maximum absolute atomic E-state index is 13.3. The number of carboxylic acids is 1. The predicted octanol–water partition coefficient (Wildman–Crippen LogP) is 7.00. The van der Waals surface area contributed by atoms with Crippen molar-refractivity contribution in [3.8, 4) is 22.8 Å². The Labute approximate surface area is 328 Å². The first-order chi connectivity index (χ1) is 25.4. The number of ether oxygens (including phenoxy) is 4. The quantitative estimate of drug-likeness (QED) is 0.192. The molecule has 13 heteroatoms. The summed E-state index contributed by atoms with van der Waals surface area (Å²) in [7, 11) is 1.84. The summed E-state index contributed by atoms with van der Waals surface area (Å²) in [6.45, 7) is 7.49. The van der Waals surface area contributed by atoms with Crippen molar-refractivity contribution in [2.24, 2.45) is 0 Å². The molecule has 8 rings (SSSR count). The Morgan fingerprint density at radius 3 is 2.33 bits per heavy atom. The third kappa shape index (κ3) is 8.16. The van der Waals surface area contributed by atoms with Gasteiger partial charge in [-0.1, -0.05) is 25.3 Å². The molecule has 290 valence electrons. The average Bonchev–Trinajstić information content (AvgIpc) is 3.38. The highest BCUT2D eigenvalue weighted by molar-refractivity contribution is 5.99. The van der Waals surface area contributed by atoms with E-state index in [0.29, 0.717) is 70.0 Å². The van der Waals surface area contributed by atoms with Gasteiger partial charge in [0.25, 0.3) is 0 Å². The molecule has 1 saturated carbocycles. The lowest BCUT2D eigenvalue weighted by Gasteiger charge is -2.32. The molecule has 1 N–H and O–H groups in total. The van der Waals surface area contributed by atoms with Crippen molar-refractivity contribution in [3.05, 3.63) is 71.3 Å². The van der Waals surface area contributed by atoms with Gasteiger partial charge in [-0.2, -0.15) is 0 Å². The van der Waals surface area contributed by atoms with E-state index in [1.807, 2.05) is 37.4 Å². The maximum atomic E-state index is 13.3. The van der Waals surface area contributed by atoms with E-state index in [0.717, 1.165) is 83.9 Å². The number of morpholine rings is 2. The van der Waals surface area contributed by atoms with Crippen LogP contribution >= 0.6 is 24.8 Å². The molecule has 11 nitrogen and oxygen atoms in total. The van der Waals surface area contributed by atoms with Crippen LogP contribution in [0.5, 0.6) is 11.5 Å². The highest BCUT2D eigenvalue weighted by Gasteiger charge is 2.30. The van der Waals surface area contributed by atoms with Crippen LogP contribution in [0.3, 0.4) is 0 Å². The van der Waals surface area contributed by atoms with Crippen LogP contribution in [-0.2, 0) is 27.4 Å². The number of likely N-dealkylation sites (N-methyl/N-ethyl adjacent to an activating group) is 1. The molecule has 0 unspecified atom stereocenters. The van der Waals surface area contributed by atoms with Crippen LogP contribution in [0.4, 0.5) is 11.4 Å². The van der Waals surface area contributed by atoms with Gasteiger partial charge in [-0.3, -0.25) is 9.69 Å². The van der Waals surface area contributed by atoms with Crippen molar-refractivity contribution in [2.45, 2.75) is 51.2 Å². The topological polar surface area (TPSA) is 106 Å². The van der Waals surface area contributed by atoms with Crippen LogP contribution in [0, 0.1) is 0 Å². The van der Waals surface area contributed by atoms with Gasteiger partial charge in [0.1, 0.15) is 24.7 Å². The summed E-state index contributed by atoms with van der Waals surface area (Å²) >= 11 is 0. The minimum absolute atomic E-state index is 0. The lowest BCUT2D eigenvalue weighted by Crippen LogP contribution is -2.43. The Morgan fingerprint density at radius 2 is 1.59 bits per heavy atom. The Morgan fingerprint density at radius 1 is 0.852 bits per heavy atom. The number of halogens is 2. The molecule has 0 radical (unpaired) electrons. The summed E-state index contributed by atoms with van der Waals surface area (Å²) in [6.07, 6.45) is 5.91. The number of aromatic carboxylic acids is 1. The number of aromatic nitrogens is 1. The van der Waals surface area contributed by atoms with E-state index in [2.05, 4.69) is 32.6 Å². The van der Waals surface area contributed by atoms with Crippen LogP contribution in [0.2, 0.25) is 0 Å². The van der Waals surface area contributed by atoms with E-state index >= 15 is 0 Å². The molecular weight excluding hydrogens is 731 g/mol. The minimum atomic E-state index is -0.919. The second-order valence-corrected chi connectivity index (χ2v) is 14.3. The molecular formula is C41H50Cl2N4O7. The zero-order valence-corrected chi connectivity index (χ0v) is 32.4. The third-order valence-corrected chi connectivity index (χ3v) is 11.2. The molecule has 3 aromatic carbocycles. The molecule has 1 aliphatic carbocycles. The van der Waals surface area contributed by atoms with E-state index < -0.39 is 5.97 Å². The predicted molar refractivity (Wildman–Crippen MR) is 215 cm³/mol. The van der Waals surface area contributed by atoms with E-state index in [-0.39, 0.29) is 30.7 Å². The standard InChI is InChI=1S/C41H48N4O7.2ClH/c1-42(38(46)26-43-13-18-49-19-14-43)31-8-12-35(44-15-20-50-21-16-44)30(23-31)27-52-32-9-11-34-37(25-32)51-22-17-45-36-24-29(41(47)48)7-10-33(36)39(40(34)45)28-5-3-2-4-6-28;;/h7-12,23-25,28H,2-6,13-22,26-27H2,1H3,(H,47,48);2*1H. The molecule has 4 heterocycles. The van der Waals surface area contributed by atoms with E-state index in [1.54, 1.807) is 11.0 Å². The average molecular weight is 782 g/mol. The molecule has 3 aliphatic heterocycles. The number of fused-ring (bicyclic) bond motifs is 5. The van der Waals surface area contributed by atoms with E-state index in [4.69, 9.17) is 18.9 Å². The monoisotopic (exact) mass is 780 g/mol. The highest BCUT2D eigenvalue weighted by Crippen LogP contribution is 2.48. The smallest absolute Gasteiger partial charge is 0.335 e. The molecule has 0 bridgehead atoms. The lowest BCUT2D eigenvalue weighted by molar-refractivity contribution is -0.120. The number of amides is 1. The fourth-order valence-corrected chi connectivity index (χ4v) is 8.36. The summed E-state index contributed by atoms with van der Waals surface area (Å²) in [5.41, 5.74) is 7.61. The van der Waals surface area contributed by atoms with Crippen molar-refractivity contribution < 1.29 is 33.6 Å². The van der Waals surface area contributed by atoms with Crippen LogP contribution in [0.1, 0.15) is 59.5 Å². The Kier molecular flexibility index (Phi) is 13.0. The van der Waals surface area contributed by atoms with Crippen molar-refractivity contribution in [1.29, 1.82) is 0 Å². The Balaban J connectivity index is 0.00000249. The first kappa shape index (κ1) is 39.7. The first-order valence-corrected chi connectivity index (χ1v) is 18.8. The van der Waals surface area contributed by atoms with Crippen LogP contribution in [0.15, 0.2) is 54.6 Å². The van der Waals surface area contributed by atoms with Crippen molar-refractivity contribution in [1.82, 2.24) is 9.47 Å². The number of hydrogen-bond acceptors (Lipinski definition) is 8. The molecule has 0 atom stereocenters. The number of anilines is 2. The summed E-state index contributed by atoms with van der Waals surface area (Å²) in [5.74, 6) is 1.00. The fraction of sp³-hybridized carbons (Fsp3) is 0.463. The number of hydrogen-bond donors (Lipinski definition) is 1. The van der Waals surface area contributed by atoms with Crippen molar-refractivity contribution >= 4 is 59.0 Å². The zero-order chi connectivity index (χ0) is 35.6. The molecule has 3 fully saturated rings. The second-order valence-electron chi connectivity index (χ2n) is 14.3.